The standard InChI is InChI=1S/C8H7BrN2O.ClH/c9-8-3-6(5-12-11)1-2-7(8)4-10;/h1-3H,5,11H2;1H. The van der Waals surface area contributed by atoms with Crippen molar-refractivity contribution in [3.05, 3.63) is 33.8 Å². The molecule has 0 saturated carbocycles. The third-order valence-electron chi connectivity index (χ3n) is 1.40. The second-order valence-corrected chi connectivity index (χ2v) is 3.09. The first-order chi connectivity index (χ1) is 5.77. The number of nitriles is 1. The van der Waals surface area contributed by atoms with Crippen LogP contribution in [0, 0.1) is 11.3 Å². The zero-order valence-electron chi connectivity index (χ0n) is 6.66. The number of rotatable bonds is 2. The number of benzene rings is 1. The summed E-state index contributed by atoms with van der Waals surface area (Å²) in [5, 5.41) is 8.60. The first-order valence-corrected chi connectivity index (χ1v) is 4.07. The molecule has 2 N–H and O–H groups in total. The highest BCUT2D eigenvalue weighted by Gasteiger charge is 1.99. The van der Waals surface area contributed by atoms with Crippen molar-refractivity contribution in [2.24, 2.45) is 5.90 Å². The van der Waals surface area contributed by atoms with Gasteiger partial charge in [-0.15, -0.1) is 12.4 Å². The average Bonchev–Trinajstić information content (AvgIpc) is 2.05. The highest BCUT2D eigenvalue weighted by molar-refractivity contribution is 9.10. The molecule has 0 spiro atoms. The van der Waals surface area contributed by atoms with Gasteiger partial charge in [0.15, 0.2) is 0 Å². The van der Waals surface area contributed by atoms with Crippen LogP contribution in [0.4, 0.5) is 0 Å². The van der Waals surface area contributed by atoms with Crippen LogP contribution >= 0.6 is 28.3 Å². The largest absolute Gasteiger partial charge is 0.300 e. The van der Waals surface area contributed by atoms with E-state index in [9.17, 15) is 0 Å². The Balaban J connectivity index is 0.00000144. The molecule has 5 heteroatoms. The van der Waals surface area contributed by atoms with E-state index < -0.39 is 0 Å². The van der Waals surface area contributed by atoms with E-state index in [0.29, 0.717) is 12.2 Å². The molecular formula is C8H8BrClN2O. The zero-order chi connectivity index (χ0) is 8.97. The van der Waals surface area contributed by atoms with Crippen LogP contribution in [-0.2, 0) is 11.4 Å². The molecule has 1 rings (SSSR count). The van der Waals surface area contributed by atoms with Crippen molar-refractivity contribution in [3.8, 4) is 6.07 Å². The van der Waals surface area contributed by atoms with Gasteiger partial charge in [0.05, 0.1) is 12.2 Å². The van der Waals surface area contributed by atoms with Gasteiger partial charge < -0.3 is 0 Å². The highest BCUT2D eigenvalue weighted by Crippen LogP contribution is 2.17. The first kappa shape index (κ1) is 12.4. The molecule has 70 valence electrons. The fourth-order valence-electron chi connectivity index (χ4n) is 0.835. The fraction of sp³-hybridized carbons (Fsp3) is 0.125. The molecule has 0 aromatic heterocycles. The molecule has 0 bridgehead atoms. The second-order valence-electron chi connectivity index (χ2n) is 2.24. The van der Waals surface area contributed by atoms with E-state index in [2.05, 4.69) is 20.8 Å². The summed E-state index contributed by atoms with van der Waals surface area (Å²) in [5.74, 6) is 4.90. The summed E-state index contributed by atoms with van der Waals surface area (Å²) in [6.07, 6.45) is 0. The monoisotopic (exact) mass is 262 g/mol. The van der Waals surface area contributed by atoms with E-state index in [4.69, 9.17) is 11.2 Å². The zero-order valence-corrected chi connectivity index (χ0v) is 9.06. The van der Waals surface area contributed by atoms with E-state index >= 15 is 0 Å². The SMILES string of the molecule is Cl.N#Cc1ccc(CON)cc1Br. The molecule has 1 aromatic rings. The van der Waals surface area contributed by atoms with Crippen molar-refractivity contribution in [3.63, 3.8) is 0 Å². The molecule has 0 amide bonds. The molecule has 1 aromatic carbocycles. The minimum Gasteiger partial charge on any atom is -0.300 e. The molecule has 0 aliphatic rings. The minimum absolute atomic E-state index is 0. The predicted molar refractivity (Wildman–Crippen MR) is 55.1 cm³/mol. The Morgan fingerprint density at radius 3 is 2.69 bits per heavy atom. The summed E-state index contributed by atoms with van der Waals surface area (Å²) in [6, 6.07) is 7.38. The number of hydrogen-bond acceptors (Lipinski definition) is 3. The lowest BCUT2D eigenvalue weighted by Crippen LogP contribution is -1.98. The van der Waals surface area contributed by atoms with Gasteiger partial charge in [-0.3, -0.25) is 4.84 Å². The second kappa shape index (κ2) is 5.95. The highest BCUT2D eigenvalue weighted by atomic mass is 79.9. The third kappa shape index (κ3) is 3.33. The summed E-state index contributed by atoms with van der Waals surface area (Å²) < 4.78 is 0.763. The van der Waals surface area contributed by atoms with Gasteiger partial charge in [0.25, 0.3) is 0 Å². The smallest absolute Gasteiger partial charge is 0.100 e. The summed E-state index contributed by atoms with van der Waals surface area (Å²) in [6.45, 7) is 0.351. The van der Waals surface area contributed by atoms with Crippen LogP contribution in [0.1, 0.15) is 11.1 Å². The maximum absolute atomic E-state index is 8.60. The molecule has 0 heterocycles. The van der Waals surface area contributed by atoms with Crippen molar-refractivity contribution in [1.29, 1.82) is 5.26 Å². The average molecular weight is 264 g/mol. The van der Waals surface area contributed by atoms with Gasteiger partial charge in [-0.25, -0.2) is 5.90 Å². The lowest BCUT2D eigenvalue weighted by molar-refractivity contribution is 0.124. The van der Waals surface area contributed by atoms with E-state index in [-0.39, 0.29) is 12.4 Å². The molecule has 0 aliphatic heterocycles. The van der Waals surface area contributed by atoms with E-state index in [1.807, 2.05) is 12.1 Å². The molecule has 3 nitrogen and oxygen atoms in total. The van der Waals surface area contributed by atoms with Crippen LogP contribution in [0.2, 0.25) is 0 Å². The number of nitrogens with two attached hydrogens (primary N) is 1. The molecule has 13 heavy (non-hydrogen) atoms. The normalized spacial score (nSPS) is 8.69. The van der Waals surface area contributed by atoms with Crippen molar-refractivity contribution >= 4 is 28.3 Å². The third-order valence-corrected chi connectivity index (χ3v) is 2.06. The van der Waals surface area contributed by atoms with Crippen molar-refractivity contribution in [2.45, 2.75) is 6.61 Å². The molecule has 0 atom stereocenters. The van der Waals surface area contributed by atoms with Crippen LogP contribution in [0.25, 0.3) is 0 Å². The van der Waals surface area contributed by atoms with Crippen molar-refractivity contribution < 1.29 is 4.84 Å². The first-order valence-electron chi connectivity index (χ1n) is 3.28. The Hall–Kier alpha value is -0.600. The Morgan fingerprint density at radius 1 is 1.54 bits per heavy atom. The molecule has 0 unspecified atom stereocenters. The fourth-order valence-corrected chi connectivity index (χ4v) is 1.35. The van der Waals surface area contributed by atoms with E-state index in [1.54, 1.807) is 12.1 Å². The van der Waals surface area contributed by atoms with Gasteiger partial charge in [-0.1, -0.05) is 6.07 Å². The molecule has 0 saturated heterocycles. The van der Waals surface area contributed by atoms with Gasteiger partial charge in [0.2, 0.25) is 0 Å². The molecule has 0 radical (unpaired) electrons. The van der Waals surface area contributed by atoms with Gasteiger partial charge >= 0.3 is 0 Å². The lowest BCUT2D eigenvalue weighted by atomic mass is 10.2. The van der Waals surface area contributed by atoms with Crippen molar-refractivity contribution in [1.82, 2.24) is 0 Å². The number of halogens is 2. The summed E-state index contributed by atoms with van der Waals surface area (Å²) >= 11 is 3.26. The number of nitrogens with zero attached hydrogens (tertiary/aromatic N) is 1. The van der Waals surface area contributed by atoms with Gasteiger partial charge in [0.1, 0.15) is 6.07 Å². The molecular weight excluding hydrogens is 255 g/mol. The number of hydrogen-bond donors (Lipinski definition) is 1. The Bertz CT molecular complexity index is 324. The summed E-state index contributed by atoms with van der Waals surface area (Å²) in [4.78, 5) is 4.45. The van der Waals surface area contributed by atoms with Crippen LogP contribution < -0.4 is 5.90 Å². The van der Waals surface area contributed by atoms with E-state index in [1.165, 1.54) is 0 Å². The van der Waals surface area contributed by atoms with Crippen LogP contribution in [0.3, 0.4) is 0 Å². The maximum Gasteiger partial charge on any atom is 0.100 e. The van der Waals surface area contributed by atoms with Gasteiger partial charge in [0, 0.05) is 4.47 Å². The van der Waals surface area contributed by atoms with E-state index in [0.717, 1.165) is 10.0 Å². The quantitative estimate of drug-likeness (QED) is 0.832. The maximum atomic E-state index is 8.60. The van der Waals surface area contributed by atoms with Gasteiger partial charge in [-0.05, 0) is 33.6 Å². The Morgan fingerprint density at radius 2 is 2.23 bits per heavy atom. The topological polar surface area (TPSA) is 59.0 Å². The molecule has 0 aliphatic carbocycles. The summed E-state index contributed by atoms with van der Waals surface area (Å²) in [5.41, 5.74) is 1.54. The molecule has 0 fully saturated rings. The Labute approximate surface area is 91.0 Å². The van der Waals surface area contributed by atoms with Crippen molar-refractivity contribution in [2.75, 3.05) is 0 Å². The van der Waals surface area contributed by atoms with Gasteiger partial charge in [-0.2, -0.15) is 5.26 Å². The van der Waals surface area contributed by atoms with Crippen LogP contribution in [-0.4, -0.2) is 0 Å². The van der Waals surface area contributed by atoms with Crippen LogP contribution in [0.15, 0.2) is 22.7 Å². The van der Waals surface area contributed by atoms with Crippen LogP contribution in [0.5, 0.6) is 0 Å². The Kier molecular flexibility index (Phi) is 5.67. The lowest BCUT2D eigenvalue weighted by Gasteiger charge is -2.00. The summed E-state index contributed by atoms with van der Waals surface area (Å²) in [7, 11) is 0. The minimum atomic E-state index is 0. The predicted octanol–water partition coefficient (Wildman–Crippen LogP) is 2.13.